The smallest absolute Gasteiger partial charge is 0.276 e. The van der Waals surface area contributed by atoms with Gasteiger partial charge in [0.05, 0.1) is 0 Å². The number of fused-ring (bicyclic) bond motifs is 1. The molecule has 1 N–H and O–H groups in total. The van der Waals surface area contributed by atoms with Gasteiger partial charge in [-0.05, 0) is 37.2 Å². The van der Waals surface area contributed by atoms with Gasteiger partial charge in [0.15, 0.2) is 5.11 Å². The normalized spacial score (nSPS) is 19.4. The Bertz CT molecular complexity index is 987. The van der Waals surface area contributed by atoms with Crippen LogP contribution in [0.4, 0.5) is 0 Å². The molecule has 1 aliphatic carbocycles. The van der Waals surface area contributed by atoms with E-state index in [-0.39, 0.29) is 18.4 Å². The van der Waals surface area contributed by atoms with E-state index in [1.807, 2.05) is 41.1 Å². The second-order valence-electron chi connectivity index (χ2n) is 7.51. The summed E-state index contributed by atoms with van der Waals surface area (Å²) in [6.45, 7) is 0.266. The molecule has 0 bridgehead atoms. The van der Waals surface area contributed by atoms with Crippen molar-refractivity contribution in [3.05, 3.63) is 41.7 Å². The Kier molecular flexibility index (Phi) is 4.93. The van der Waals surface area contributed by atoms with Crippen molar-refractivity contribution >= 4 is 46.1 Å². The molecule has 28 heavy (non-hydrogen) atoms. The average molecular weight is 397 g/mol. The number of hydrogen-bond donors (Lipinski definition) is 1. The van der Waals surface area contributed by atoms with Crippen LogP contribution in [0.3, 0.4) is 0 Å². The molecule has 7 heteroatoms. The third-order valence-corrected chi connectivity index (χ3v) is 6.15. The maximum absolute atomic E-state index is 12.5. The van der Waals surface area contributed by atoms with E-state index >= 15 is 0 Å². The number of thiocarbonyl (C=S) groups is 1. The first-order valence-corrected chi connectivity index (χ1v) is 10.0. The predicted octanol–water partition coefficient (Wildman–Crippen LogP) is 2.73. The Morgan fingerprint density at radius 3 is 2.61 bits per heavy atom. The highest BCUT2D eigenvalue weighted by Gasteiger charge is 2.33. The van der Waals surface area contributed by atoms with Crippen molar-refractivity contribution in [2.45, 2.75) is 38.3 Å². The van der Waals surface area contributed by atoms with Gasteiger partial charge in [-0.1, -0.05) is 31.0 Å². The van der Waals surface area contributed by atoms with Crippen molar-refractivity contribution in [1.82, 2.24) is 19.7 Å². The summed E-state index contributed by atoms with van der Waals surface area (Å²) in [4.78, 5) is 28.2. The van der Waals surface area contributed by atoms with Crippen LogP contribution in [0.5, 0.6) is 0 Å². The van der Waals surface area contributed by atoms with Gasteiger partial charge in [0.1, 0.15) is 12.2 Å². The van der Waals surface area contributed by atoms with E-state index in [9.17, 15) is 9.59 Å². The summed E-state index contributed by atoms with van der Waals surface area (Å²) >= 11 is 5.29. The summed E-state index contributed by atoms with van der Waals surface area (Å²) in [7, 11) is 3.47. The number of carbonyl (C=O) groups excluding carboxylic acids is 2. The highest BCUT2D eigenvalue weighted by Crippen LogP contribution is 2.27. The maximum atomic E-state index is 12.5. The second-order valence-corrected chi connectivity index (χ2v) is 7.88. The summed E-state index contributed by atoms with van der Waals surface area (Å²) in [5, 5.41) is 4.63. The molecule has 0 radical (unpaired) electrons. The zero-order valence-corrected chi connectivity index (χ0v) is 17.0. The van der Waals surface area contributed by atoms with Gasteiger partial charge in [-0.2, -0.15) is 0 Å². The lowest BCUT2D eigenvalue weighted by molar-refractivity contribution is -0.122. The molecule has 0 atom stereocenters. The van der Waals surface area contributed by atoms with E-state index < -0.39 is 0 Å². The zero-order chi connectivity index (χ0) is 19.8. The topological polar surface area (TPSA) is 57.6 Å². The number of nitrogens with one attached hydrogen (secondary N) is 1. The molecular formula is C21H24N4O2S. The van der Waals surface area contributed by atoms with Crippen LogP contribution in [-0.2, 0) is 16.1 Å². The Hall–Kier alpha value is -2.67. The Morgan fingerprint density at radius 2 is 1.93 bits per heavy atom. The van der Waals surface area contributed by atoms with Gasteiger partial charge in [0, 0.05) is 42.8 Å². The molecule has 4 rings (SSSR count). The van der Waals surface area contributed by atoms with E-state index in [4.69, 9.17) is 12.2 Å². The Balaban J connectivity index is 1.65. The zero-order valence-electron chi connectivity index (χ0n) is 16.1. The number of nitrogens with zero attached hydrogens (tertiary/aromatic N) is 3. The molecule has 1 aliphatic heterocycles. The molecule has 2 fully saturated rings. The Morgan fingerprint density at radius 1 is 1.21 bits per heavy atom. The highest BCUT2D eigenvalue weighted by atomic mass is 32.1. The van der Waals surface area contributed by atoms with Gasteiger partial charge in [-0.15, -0.1) is 0 Å². The number of benzene rings is 1. The second kappa shape index (κ2) is 7.39. The Labute approximate surface area is 169 Å². The fourth-order valence-electron chi connectivity index (χ4n) is 4.06. The fraction of sp³-hybridized carbons (Fsp3) is 0.381. The van der Waals surface area contributed by atoms with E-state index in [1.165, 1.54) is 17.7 Å². The van der Waals surface area contributed by atoms with Gasteiger partial charge < -0.3 is 14.8 Å². The van der Waals surface area contributed by atoms with Crippen LogP contribution in [-0.4, -0.2) is 51.4 Å². The van der Waals surface area contributed by atoms with E-state index in [1.54, 1.807) is 19.0 Å². The molecule has 2 aliphatic rings. The van der Waals surface area contributed by atoms with Crippen LogP contribution < -0.4 is 5.32 Å². The summed E-state index contributed by atoms with van der Waals surface area (Å²) in [5.74, 6) is -0.0925. The lowest BCUT2D eigenvalue weighted by atomic mass is 10.1. The van der Waals surface area contributed by atoms with Gasteiger partial charge in [-0.3, -0.25) is 14.5 Å². The SMILES string of the molecule is CN1C(=O)/C(=C/c2cn(CC(=O)NC3CCCC3)c3ccccc23)N(C)C1=S. The number of amides is 2. The van der Waals surface area contributed by atoms with Crippen LogP contribution in [0.15, 0.2) is 36.2 Å². The summed E-state index contributed by atoms with van der Waals surface area (Å²) in [6.07, 6.45) is 8.30. The highest BCUT2D eigenvalue weighted by molar-refractivity contribution is 7.80. The van der Waals surface area contributed by atoms with Crippen molar-refractivity contribution in [1.29, 1.82) is 0 Å². The first-order chi connectivity index (χ1) is 13.5. The molecule has 1 aromatic carbocycles. The molecule has 2 amide bonds. The molecule has 0 unspecified atom stereocenters. The van der Waals surface area contributed by atoms with Gasteiger partial charge in [-0.25, -0.2) is 0 Å². The van der Waals surface area contributed by atoms with Crippen LogP contribution in [0.1, 0.15) is 31.2 Å². The summed E-state index contributed by atoms with van der Waals surface area (Å²) in [6, 6.07) is 8.23. The number of aromatic nitrogens is 1. The van der Waals surface area contributed by atoms with Crippen molar-refractivity contribution in [2.24, 2.45) is 0 Å². The minimum Gasteiger partial charge on any atom is -0.352 e. The number of carbonyl (C=O) groups is 2. The molecule has 6 nitrogen and oxygen atoms in total. The third-order valence-electron chi connectivity index (χ3n) is 5.60. The van der Waals surface area contributed by atoms with Crippen LogP contribution in [0.25, 0.3) is 17.0 Å². The summed E-state index contributed by atoms with van der Waals surface area (Å²) in [5.41, 5.74) is 2.41. The maximum Gasteiger partial charge on any atom is 0.276 e. The van der Waals surface area contributed by atoms with Crippen molar-refractivity contribution in [3.63, 3.8) is 0 Å². The van der Waals surface area contributed by atoms with Crippen LogP contribution >= 0.6 is 12.2 Å². The predicted molar refractivity (Wildman–Crippen MR) is 113 cm³/mol. The van der Waals surface area contributed by atoms with Crippen LogP contribution in [0, 0.1) is 0 Å². The first kappa shape index (κ1) is 18.7. The molecule has 2 aromatic rings. The quantitative estimate of drug-likeness (QED) is 0.638. The largest absolute Gasteiger partial charge is 0.352 e. The number of likely N-dealkylation sites (N-methyl/N-ethyl adjacent to an activating group) is 2. The first-order valence-electron chi connectivity index (χ1n) is 9.60. The van der Waals surface area contributed by atoms with Crippen molar-refractivity contribution in [2.75, 3.05) is 14.1 Å². The fourth-order valence-corrected chi connectivity index (χ4v) is 4.24. The van der Waals surface area contributed by atoms with E-state index in [2.05, 4.69) is 5.32 Å². The standard InChI is InChI=1S/C21H24N4O2S/c1-23-18(20(27)24(2)21(23)28)11-14-12-25(17-10-6-5-9-16(14)17)13-19(26)22-15-7-3-4-8-15/h5-6,9-12,15H,3-4,7-8,13H2,1-2H3,(H,22,26)/b18-11-. The average Bonchev–Trinajstić information content (AvgIpc) is 3.36. The van der Waals surface area contributed by atoms with E-state index in [0.29, 0.717) is 16.9 Å². The lowest BCUT2D eigenvalue weighted by Crippen LogP contribution is -2.35. The molecule has 1 saturated heterocycles. The summed E-state index contributed by atoms with van der Waals surface area (Å²) < 4.78 is 1.95. The minimum atomic E-state index is -0.122. The van der Waals surface area contributed by atoms with Crippen molar-refractivity contribution in [3.8, 4) is 0 Å². The molecular weight excluding hydrogens is 372 g/mol. The molecule has 0 spiro atoms. The number of hydrogen-bond acceptors (Lipinski definition) is 3. The minimum absolute atomic E-state index is 0.0295. The van der Waals surface area contributed by atoms with Crippen molar-refractivity contribution < 1.29 is 9.59 Å². The number of rotatable bonds is 4. The van der Waals surface area contributed by atoms with Gasteiger partial charge >= 0.3 is 0 Å². The lowest BCUT2D eigenvalue weighted by Gasteiger charge is -2.12. The van der Waals surface area contributed by atoms with Gasteiger partial charge in [0.25, 0.3) is 5.91 Å². The molecule has 1 saturated carbocycles. The number of para-hydroxylation sites is 1. The third kappa shape index (κ3) is 3.30. The molecule has 2 heterocycles. The molecule has 146 valence electrons. The van der Waals surface area contributed by atoms with Gasteiger partial charge in [0.2, 0.25) is 5.91 Å². The van der Waals surface area contributed by atoms with Crippen LogP contribution in [0.2, 0.25) is 0 Å². The van der Waals surface area contributed by atoms with E-state index in [0.717, 1.165) is 29.3 Å². The molecule has 1 aromatic heterocycles. The monoisotopic (exact) mass is 396 g/mol.